The van der Waals surface area contributed by atoms with E-state index < -0.39 is 0 Å². The average molecular weight is 513 g/mol. The molecule has 0 fully saturated rings. The summed E-state index contributed by atoms with van der Waals surface area (Å²) in [4.78, 5) is 28.3. The van der Waals surface area contributed by atoms with Gasteiger partial charge in [0, 0.05) is 28.9 Å². The minimum absolute atomic E-state index is 0.0541. The summed E-state index contributed by atoms with van der Waals surface area (Å²) in [5.74, 6) is 0.785. The lowest BCUT2D eigenvalue weighted by Crippen LogP contribution is -2.26. The summed E-state index contributed by atoms with van der Waals surface area (Å²) < 4.78 is 10.3. The minimum atomic E-state index is -0.325. The Labute approximate surface area is 222 Å². The molecule has 0 bridgehead atoms. The van der Waals surface area contributed by atoms with Crippen LogP contribution in [0, 0.1) is 5.92 Å². The molecule has 0 aliphatic carbocycles. The monoisotopic (exact) mass is 512 g/mol. The highest BCUT2D eigenvalue weighted by Gasteiger charge is 2.17. The molecule has 2 N–H and O–H groups in total. The molecule has 0 unspecified atom stereocenters. The normalized spacial score (nSPS) is 11.7. The lowest BCUT2D eigenvalue weighted by Gasteiger charge is -2.24. The SMILES string of the molecule is CCOC(=O)CCNC(=O)c1ccc(N[C@H](c2ccc(-c3noc(-c4ccccc4)n3)cc2)C(C)C)cc1. The van der Waals surface area contributed by atoms with Crippen molar-refractivity contribution in [3.63, 3.8) is 0 Å². The van der Waals surface area contributed by atoms with E-state index in [0.717, 1.165) is 22.4 Å². The van der Waals surface area contributed by atoms with Crippen molar-refractivity contribution in [3.05, 3.63) is 90.0 Å². The Morgan fingerprint density at radius 1 is 0.921 bits per heavy atom. The van der Waals surface area contributed by atoms with E-state index in [-0.39, 0.29) is 30.9 Å². The van der Waals surface area contributed by atoms with E-state index >= 15 is 0 Å². The van der Waals surface area contributed by atoms with Gasteiger partial charge in [0.1, 0.15) is 0 Å². The first-order valence-corrected chi connectivity index (χ1v) is 12.7. The molecule has 0 spiro atoms. The number of amides is 1. The zero-order valence-corrected chi connectivity index (χ0v) is 21.8. The third kappa shape index (κ3) is 6.85. The van der Waals surface area contributed by atoms with Gasteiger partial charge in [-0.3, -0.25) is 9.59 Å². The number of ether oxygens (including phenoxy) is 1. The smallest absolute Gasteiger partial charge is 0.307 e. The summed E-state index contributed by atoms with van der Waals surface area (Å²) in [7, 11) is 0. The third-order valence-corrected chi connectivity index (χ3v) is 6.03. The van der Waals surface area contributed by atoms with Crippen molar-refractivity contribution in [1.29, 1.82) is 0 Å². The van der Waals surface area contributed by atoms with Crippen LogP contribution >= 0.6 is 0 Å². The second-order valence-corrected chi connectivity index (χ2v) is 9.17. The average Bonchev–Trinajstić information content (AvgIpc) is 3.43. The first-order chi connectivity index (χ1) is 18.4. The summed E-state index contributed by atoms with van der Waals surface area (Å²) in [6, 6.07) is 25.2. The highest BCUT2D eigenvalue weighted by molar-refractivity contribution is 5.94. The number of hydrogen-bond donors (Lipinski definition) is 2. The van der Waals surface area contributed by atoms with Crippen molar-refractivity contribution in [3.8, 4) is 22.8 Å². The molecule has 4 aromatic rings. The molecule has 0 aliphatic heterocycles. The number of nitrogens with zero attached hydrogens (tertiary/aromatic N) is 2. The molecule has 0 aliphatic rings. The van der Waals surface area contributed by atoms with Crippen molar-refractivity contribution in [2.24, 2.45) is 5.92 Å². The lowest BCUT2D eigenvalue weighted by atomic mass is 9.94. The molecule has 1 atom stereocenters. The minimum Gasteiger partial charge on any atom is -0.466 e. The van der Waals surface area contributed by atoms with Gasteiger partial charge < -0.3 is 19.9 Å². The van der Waals surface area contributed by atoms with Crippen LogP contribution in [-0.2, 0) is 9.53 Å². The number of aromatic nitrogens is 2. The van der Waals surface area contributed by atoms with Gasteiger partial charge >= 0.3 is 5.97 Å². The van der Waals surface area contributed by atoms with Crippen LogP contribution in [0.2, 0.25) is 0 Å². The van der Waals surface area contributed by atoms with E-state index in [2.05, 4.69) is 46.8 Å². The third-order valence-electron chi connectivity index (χ3n) is 6.03. The Morgan fingerprint density at radius 3 is 2.29 bits per heavy atom. The fourth-order valence-electron chi connectivity index (χ4n) is 4.02. The standard InChI is InChI=1S/C30H32N4O4/c1-4-37-26(35)18-19-31-29(36)23-14-16-25(17-15-23)32-27(20(2)3)21-10-12-22(13-11-21)28-33-30(38-34-28)24-8-6-5-7-9-24/h5-17,20,27,32H,4,18-19H2,1-3H3,(H,31,36)/t27-/m0/s1. The van der Waals surface area contributed by atoms with E-state index in [9.17, 15) is 9.59 Å². The lowest BCUT2D eigenvalue weighted by molar-refractivity contribution is -0.142. The molecule has 1 amide bonds. The highest BCUT2D eigenvalue weighted by atomic mass is 16.5. The predicted octanol–water partition coefficient (Wildman–Crippen LogP) is 5.90. The zero-order chi connectivity index (χ0) is 26.9. The number of carbonyl (C=O) groups excluding carboxylic acids is 2. The summed E-state index contributed by atoms with van der Waals surface area (Å²) in [5, 5.41) is 10.5. The summed E-state index contributed by atoms with van der Waals surface area (Å²) in [6.07, 6.45) is 0.148. The fraction of sp³-hybridized carbons (Fsp3) is 0.267. The van der Waals surface area contributed by atoms with Crippen LogP contribution in [0.4, 0.5) is 5.69 Å². The molecule has 4 rings (SSSR count). The second kappa shape index (κ2) is 12.7. The molecule has 0 saturated heterocycles. The van der Waals surface area contributed by atoms with Gasteiger partial charge in [0.05, 0.1) is 19.1 Å². The van der Waals surface area contributed by atoms with Crippen molar-refractivity contribution < 1.29 is 18.8 Å². The Balaban J connectivity index is 1.38. The number of esters is 1. The van der Waals surface area contributed by atoms with Crippen LogP contribution in [0.5, 0.6) is 0 Å². The van der Waals surface area contributed by atoms with E-state index in [1.807, 2.05) is 54.6 Å². The quantitative estimate of drug-likeness (QED) is 0.241. The first-order valence-electron chi connectivity index (χ1n) is 12.7. The van der Waals surface area contributed by atoms with Gasteiger partial charge in [-0.15, -0.1) is 0 Å². The fourth-order valence-corrected chi connectivity index (χ4v) is 4.02. The highest BCUT2D eigenvalue weighted by Crippen LogP contribution is 2.29. The van der Waals surface area contributed by atoms with Crippen LogP contribution in [-0.4, -0.2) is 35.2 Å². The number of carbonyl (C=O) groups is 2. The number of nitrogens with one attached hydrogen (secondary N) is 2. The van der Waals surface area contributed by atoms with Gasteiger partial charge in [-0.05, 0) is 54.8 Å². The Morgan fingerprint density at radius 2 is 1.63 bits per heavy atom. The molecular weight excluding hydrogens is 480 g/mol. The molecule has 1 heterocycles. The Hall–Kier alpha value is -4.46. The Bertz CT molecular complexity index is 1330. The van der Waals surface area contributed by atoms with Crippen molar-refractivity contribution in [1.82, 2.24) is 15.5 Å². The largest absolute Gasteiger partial charge is 0.466 e. The molecule has 1 aromatic heterocycles. The van der Waals surface area contributed by atoms with Gasteiger partial charge in [0.15, 0.2) is 0 Å². The second-order valence-electron chi connectivity index (χ2n) is 9.17. The molecule has 8 heteroatoms. The van der Waals surface area contributed by atoms with Crippen LogP contribution in [0.25, 0.3) is 22.8 Å². The van der Waals surface area contributed by atoms with E-state index in [0.29, 0.717) is 29.8 Å². The maximum atomic E-state index is 12.4. The number of rotatable bonds is 11. The van der Waals surface area contributed by atoms with Gasteiger partial charge in [-0.1, -0.05) is 61.5 Å². The van der Waals surface area contributed by atoms with Crippen LogP contribution in [0.1, 0.15) is 49.2 Å². The molecule has 0 radical (unpaired) electrons. The molecule has 38 heavy (non-hydrogen) atoms. The predicted molar refractivity (Wildman–Crippen MR) is 146 cm³/mol. The van der Waals surface area contributed by atoms with Crippen LogP contribution in [0.15, 0.2) is 83.4 Å². The van der Waals surface area contributed by atoms with Crippen molar-refractivity contribution >= 4 is 17.6 Å². The van der Waals surface area contributed by atoms with Gasteiger partial charge in [-0.2, -0.15) is 4.98 Å². The van der Waals surface area contributed by atoms with Crippen molar-refractivity contribution in [2.45, 2.75) is 33.2 Å². The summed E-state index contributed by atoms with van der Waals surface area (Å²) >= 11 is 0. The topological polar surface area (TPSA) is 106 Å². The van der Waals surface area contributed by atoms with Gasteiger partial charge in [0.2, 0.25) is 5.82 Å². The molecule has 196 valence electrons. The summed E-state index contributed by atoms with van der Waals surface area (Å²) in [5.41, 5.74) is 4.31. The van der Waals surface area contributed by atoms with Crippen LogP contribution in [0.3, 0.4) is 0 Å². The van der Waals surface area contributed by atoms with E-state index in [4.69, 9.17) is 9.26 Å². The van der Waals surface area contributed by atoms with E-state index in [1.165, 1.54) is 0 Å². The van der Waals surface area contributed by atoms with E-state index in [1.54, 1.807) is 19.1 Å². The van der Waals surface area contributed by atoms with Gasteiger partial charge in [-0.25, -0.2) is 0 Å². The first kappa shape index (κ1) is 26.6. The maximum Gasteiger partial charge on any atom is 0.307 e. The molecular formula is C30H32N4O4. The molecule has 8 nitrogen and oxygen atoms in total. The van der Waals surface area contributed by atoms with Crippen molar-refractivity contribution in [2.75, 3.05) is 18.5 Å². The summed E-state index contributed by atoms with van der Waals surface area (Å²) in [6.45, 7) is 6.63. The van der Waals surface area contributed by atoms with Gasteiger partial charge in [0.25, 0.3) is 11.8 Å². The molecule has 0 saturated carbocycles. The maximum absolute atomic E-state index is 12.4. The van der Waals surface area contributed by atoms with Crippen LogP contribution < -0.4 is 10.6 Å². The number of benzene rings is 3. The number of hydrogen-bond acceptors (Lipinski definition) is 7. The zero-order valence-electron chi connectivity index (χ0n) is 21.8. The molecule has 3 aromatic carbocycles. The Kier molecular flexibility index (Phi) is 8.87. The number of anilines is 1.